The highest BCUT2D eigenvalue weighted by Crippen LogP contribution is 2.27. The maximum absolute atomic E-state index is 12.8. The highest BCUT2D eigenvalue weighted by Gasteiger charge is 2.20. The molecule has 8 heteroatoms. The third-order valence-electron chi connectivity index (χ3n) is 3.90. The second-order valence-corrected chi connectivity index (χ2v) is 8.22. The molecular formula is C18H18BrN3O3S. The lowest BCUT2D eigenvalue weighted by Gasteiger charge is -2.13. The topological polar surface area (TPSA) is 73.2 Å². The van der Waals surface area contributed by atoms with E-state index in [1.807, 2.05) is 24.3 Å². The Morgan fingerprint density at radius 1 is 1.15 bits per heavy atom. The van der Waals surface area contributed by atoms with Gasteiger partial charge >= 0.3 is 0 Å². The van der Waals surface area contributed by atoms with Crippen LogP contribution in [0.15, 0.2) is 64.1 Å². The maximum Gasteiger partial charge on any atom is 0.263 e. The van der Waals surface area contributed by atoms with E-state index in [-0.39, 0.29) is 4.90 Å². The molecule has 1 N–H and O–H groups in total. The molecule has 1 heterocycles. The first-order valence-corrected chi connectivity index (χ1v) is 10.1. The fourth-order valence-corrected chi connectivity index (χ4v) is 4.38. The number of methoxy groups -OCH3 is 1. The number of nitrogens with one attached hydrogen (secondary N) is 1. The Morgan fingerprint density at radius 3 is 2.50 bits per heavy atom. The van der Waals surface area contributed by atoms with E-state index in [4.69, 9.17) is 4.74 Å². The maximum atomic E-state index is 12.8. The Labute approximate surface area is 161 Å². The van der Waals surface area contributed by atoms with Crippen molar-refractivity contribution in [2.45, 2.75) is 18.4 Å². The van der Waals surface area contributed by atoms with Crippen LogP contribution in [-0.2, 0) is 16.6 Å². The Bertz CT molecular complexity index is 1010. The van der Waals surface area contributed by atoms with Gasteiger partial charge in [-0.3, -0.25) is 4.72 Å². The van der Waals surface area contributed by atoms with Gasteiger partial charge < -0.3 is 4.74 Å². The Hall–Kier alpha value is -2.32. The number of hydrogen-bond donors (Lipinski definition) is 1. The van der Waals surface area contributed by atoms with E-state index < -0.39 is 10.0 Å². The van der Waals surface area contributed by atoms with Crippen molar-refractivity contribution in [1.82, 2.24) is 9.78 Å². The molecule has 0 fully saturated rings. The zero-order chi connectivity index (χ0) is 18.7. The lowest BCUT2D eigenvalue weighted by atomic mass is 10.2. The van der Waals surface area contributed by atoms with Crippen LogP contribution in [0.1, 0.15) is 11.1 Å². The van der Waals surface area contributed by atoms with Crippen LogP contribution in [0.25, 0.3) is 0 Å². The zero-order valence-corrected chi connectivity index (χ0v) is 16.7. The van der Waals surface area contributed by atoms with Crippen LogP contribution in [0.4, 0.5) is 5.82 Å². The van der Waals surface area contributed by atoms with Crippen molar-refractivity contribution in [3.63, 3.8) is 0 Å². The fraction of sp³-hybridized carbons (Fsp3) is 0.167. The van der Waals surface area contributed by atoms with E-state index in [1.165, 1.54) is 0 Å². The summed E-state index contributed by atoms with van der Waals surface area (Å²) in [5.74, 6) is 1.14. The minimum absolute atomic E-state index is 0.240. The zero-order valence-electron chi connectivity index (χ0n) is 14.3. The first-order chi connectivity index (χ1) is 12.4. The summed E-state index contributed by atoms with van der Waals surface area (Å²) in [5.41, 5.74) is 1.65. The third kappa shape index (κ3) is 3.91. The molecule has 0 aliphatic rings. The summed E-state index contributed by atoms with van der Waals surface area (Å²) >= 11 is 3.37. The van der Waals surface area contributed by atoms with Gasteiger partial charge in [0.15, 0.2) is 5.82 Å². The van der Waals surface area contributed by atoms with Crippen LogP contribution in [0.2, 0.25) is 0 Å². The van der Waals surface area contributed by atoms with Crippen molar-refractivity contribution >= 4 is 31.8 Å². The highest BCUT2D eigenvalue weighted by molar-refractivity contribution is 9.10. The standard InChI is InChI=1S/C18H18BrN3O3S/c1-13-5-3-4-6-17(13)26(23,24)21-18-16(19)11-20-22(18)12-14-7-9-15(25-2)10-8-14/h3-11,21H,12H2,1-2H3. The summed E-state index contributed by atoms with van der Waals surface area (Å²) in [5, 5.41) is 4.27. The van der Waals surface area contributed by atoms with Gasteiger partial charge in [0.1, 0.15) is 5.75 Å². The van der Waals surface area contributed by atoms with Gasteiger partial charge in [-0.05, 0) is 52.2 Å². The van der Waals surface area contributed by atoms with Crippen molar-refractivity contribution < 1.29 is 13.2 Å². The Kier molecular flexibility index (Phi) is 5.33. The number of sulfonamides is 1. The van der Waals surface area contributed by atoms with Crippen molar-refractivity contribution in [3.05, 3.63) is 70.3 Å². The summed E-state index contributed by atoms with van der Waals surface area (Å²) in [4.78, 5) is 0.240. The van der Waals surface area contributed by atoms with Crippen LogP contribution in [0.3, 0.4) is 0 Å². The average molecular weight is 436 g/mol. The van der Waals surface area contributed by atoms with Gasteiger partial charge in [-0.1, -0.05) is 30.3 Å². The molecule has 0 bridgehead atoms. The van der Waals surface area contributed by atoms with Gasteiger partial charge in [0.05, 0.1) is 29.2 Å². The number of benzene rings is 2. The second kappa shape index (κ2) is 7.51. The molecule has 3 rings (SSSR count). The van der Waals surface area contributed by atoms with Gasteiger partial charge in [-0.2, -0.15) is 5.10 Å². The predicted octanol–water partition coefficient (Wildman–Crippen LogP) is 3.81. The van der Waals surface area contributed by atoms with Crippen LogP contribution in [0, 0.1) is 6.92 Å². The van der Waals surface area contributed by atoms with Gasteiger partial charge in [-0.25, -0.2) is 13.1 Å². The van der Waals surface area contributed by atoms with Gasteiger partial charge in [0.2, 0.25) is 0 Å². The molecule has 0 aliphatic carbocycles. The molecule has 136 valence electrons. The van der Waals surface area contributed by atoms with E-state index in [0.717, 1.165) is 11.3 Å². The molecule has 0 radical (unpaired) electrons. The first-order valence-electron chi connectivity index (χ1n) is 7.83. The Morgan fingerprint density at radius 2 is 1.85 bits per heavy atom. The first kappa shape index (κ1) is 18.5. The highest BCUT2D eigenvalue weighted by atomic mass is 79.9. The molecule has 0 atom stereocenters. The lowest BCUT2D eigenvalue weighted by molar-refractivity contribution is 0.414. The molecular weight excluding hydrogens is 418 g/mol. The third-order valence-corrected chi connectivity index (χ3v) is 5.98. The number of anilines is 1. The van der Waals surface area contributed by atoms with Gasteiger partial charge in [0, 0.05) is 0 Å². The number of aromatic nitrogens is 2. The van der Waals surface area contributed by atoms with Gasteiger partial charge in [0.25, 0.3) is 10.0 Å². The van der Waals surface area contributed by atoms with E-state index in [1.54, 1.807) is 49.2 Å². The predicted molar refractivity (Wildman–Crippen MR) is 104 cm³/mol. The summed E-state index contributed by atoms with van der Waals surface area (Å²) in [6, 6.07) is 14.4. The lowest BCUT2D eigenvalue weighted by Crippen LogP contribution is -2.18. The Balaban J connectivity index is 1.89. The summed E-state index contributed by atoms with van der Waals surface area (Å²) in [7, 11) is -2.11. The number of halogens is 1. The number of nitrogens with zero attached hydrogens (tertiary/aromatic N) is 2. The van der Waals surface area contributed by atoms with E-state index >= 15 is 0 Å². The SMILES string of the molecule is COc1ccc(Cn2ncc(Br)c2NS(=O)(=O)c2ccccc2C)cc1. The monoisotopic (exact) mass is 435 g/mol. The molecule has 0 aliphatic heterocycles. The summed E-state index contributed by atoms with van der Waals surface area (Å²) < 4.78 is 35.5. The van der Waals surface area contributed by atoms with Crippen molar-refractivity contribution in [2.24, 2.45) is 0 Å². The average Bonchev–Trinajstić information content (AvgIpc) is 2.95. The second-order valence-electron chi connectivity index (χ2n) is 5.72. The van der Waals surface area contributed by atoms with E-state index in [0.29, 0.717) is 22.4 Å². The summed E-state index contributed by atoms with van der Waals surface area (Å²) in [6.07, 6.45) is 1.57. The van der Waals surface area contributed by atoms with E-state index in [2.05, 4.69) is 25.8 Å². The van der Waals surface area contributed by atoms with E-state index in [9.17, 15) is 8.42 Å². The molecule has 0 spiro atoms. The molecule has 0 unspecified atom stereocenters. The van der Waals surface area contributed by atoms with Crippen molar-refractivity contribution in [1.29, 1.82) is 0 Å². The van der Waals surface area contributed by atoms with Crippen LogP contribution >= 0.6 is 15.9 Å². The number of hydrogen-bond acceptors (Lipinski definition) is 4. The molecule has 1 aromatic heterocycles. The smallest absolute Gasteiger partial charge is 0.263 e. The van der Waals surface area contributed by atoms with Crippen LogP contribution in [0.5, 0.6) is 5.75 Å². The fourth-order valence-electron chi connectivity index (χ4n) is 2.53. The normalized spacial score (nSPS) is 11.3. The quantitative estimate of drug-likeness (QED) is 0.638. The summed E-state index contributed by atoms with van der Waals surface area (Å²) in [6.45, 7) is 2.18. The number of aryl methyl sites for hydroxylation is 1. The molecule has 26 heavy (non-hydrogen) atoms. The minimum Gasteiger partial charge on any atom is -0.497 e. The number of ether oxygens (including phenoxy) is 1. The van der Waals surface area contributed by atoms with Gasteiger partial charge in [-0.15, -0.1) is 0 Å². The van der Waals surface area contributed by atoms with Crippen molar-refractivity contribution in [2.75, 3.05) is 11.8 Å². The van der Waals surface area contributed by atoms with Crippen LogP contribution < -0.4 is 9.46 Å². The largest absolute Gasteiger partial charge is 0.497 e. The molecule has 3 aromatic rings. The molecule has 0 amide bonds. The number of rotatable bonds is 6. The molecule has 0 saturated carbocycles. The molecule has 6 nitrogen and oxygen atoms in total. The molecule has 0 saturated heterocycles. The minimum atomic E-state index is -3.72. The van der Waals surface area contributed by atoms with Crippen molar-refractivity contribution in [3.8, 4) is 5.75 Å². The molecule has 2 aromatic carbocycles. The van der Waals surface area contributed by atoms with Crippen LogP contribution in [-0.4, -0.2) is 25.3 Å².